The van der Waals surface area contributed by atoms with Gasteiger partial charge in [0.05, 0.1) is 10.9 Å². The van der Waals surface area contributed by atoms with Gasteiger partial charge in [0.2, 0.25) is 15.9 Å². The highest BCUT2D eigenvalue weighted by molar-refractivity contribution is 7.91. The van der Waals surface area contributed by atoms with Gasteiger partial charge in [-0.05, 0) is 44.4 Å². The molecule has 1 heterocycles. The molecule has 0 spiro atoms. The fraction of sp³-hybridized carbons (Fsp3) is 0.929. The quantitative estimate of drug-likeness (QED) is 0.841. The van der Waals surface area contributed by atoms with Crippen LogP contribution in [0.1, 0.15) is 52.9 Å². The van der Waals surface area contributed by atoms with Gasteiger partial charge in [0.1, 0.15) is 0 Å². The zero-order valence-corrected chi connectivity index (χ0v) is 13.3. The largest absolute Gasteiger partial charge is 0.378 e. The minimum Gasteiger partial charge on any atom is -0.378 e. The topological polar surface area (TPSA) is 72.5 Å². The van der Waals surface area contributed by atoms with Crippen LogP contribution < -0.4 is 4.72 Å². The van der Waals surface area contributed by atoms with E-state index in [0.717, 1.165) is 12.8 Å². The summed E-state index contributed by atoms with van der Waals surface area (Å²) in [6.07, 6.45) is 3.40. The minimum absolute atomic E-state index is 0.180. The van der Waals surface area contributed by atoms with Gasteiger partial charge in [-0.15, -0.1) is 0 Å². The third kappa shape index (κ3) is 3.52. The molecule has 0 bridgehead atoms. The van der Waals surface area contributed by atoms with Crippen molar-refractivity contribution in [2.45, 2.75) is 63.7 Å². The van der Waals surface area contributed by atoms with Crippen LogP contribution in [0.2, 0.25) is 0 Å². The second-order valence-electron chi connectivity index (χ2n) is 6.73. The summed E-state index contributed by atoms with van der Waals surface area (Å²) in [5, 5.41) is 0. The van der Waals surface area contributed by atoms with Crippen molar-refractivity contribution in [3.8, 4) is 0 Å². The molecular formula is C14H25NO4S. The number of carbonyl (C=O) groups is 1. The molecule has 0 radical (unpaired) electrons. The summed E-state index contributed by atoms with van der Waals surface area (Å²) in [5.41, 5.74) is 0. The maximum Gasteiger partial charge on any atom is 0.240 e. The molecule has 1 aliphatic carbocycles. The molecule has 6 heteroatoms. The molecule has 1 saturated carbocycles. The van der Waals surface area contributed by atoms with Crippen LogP contribution in [0.5, 0.6) is 0 Å². The summed E-state index contributed by atoms with van der Waals surface area (Å²) in [6, 6.07) is 0. The smallest absolute Gasteiger partial charge is 0.240 e. The van der Waals surface area contributed by atoms with Crippen molar-refractivity contribution < 1.29 is 17.9 Å². The van der Waals surface area contributed by atoms with Crippen LogP contribution in [-0.4, -0.2) is 31.8 Å². The molecule has 2 atom stereocenters. The first-order valence-electron chi connectivity index (χ1n) is 7.40. The van der Waals surface area contributed by atoms with Crippen molar-refractivity contribution in [3.63, 3.8) is 0 Å². The van der Waals surface area contributed by atoms with E-state index < -0.39 is 14.8 Å². The lowest BCUT2D eigenvalue weighted by Crippen LogP contribution is -2.40. The average Bonchev–Trinajstić information content (AvgIpc) is 3.08. The molecule has 2 rings (SSSR count). The molecule has 2 aliphatic rings. The van der Waals surface area contributed by atoms with E-state index in [9.17, 15) is 13.2 Å². The Morgan fingerprint density at radius 1 is 1.40 bits per heavy atom. The number of hydrogen-bond acceptors (Lipinski definition) is 4. The van der Waals surface area contributed by atoms with Crippen molar-refractivity contribution >= 4 is 15.9 Å². The summed E-state index contributed by atoms with van der Waals surface area (Å²) >= 11 is 0. The van der Waals surface area contributed by atoms with E-state index in [-0.39, 0.29) is 24.3 Å². The molecule has 20 heavy (non-hydrogen) atoms. The Morgan fingerprint density at radius 2 is 2.05 bits per heavy atom. The highest BCUT2D eigenvalue weighted by Gasteiger charge is 2.50. The average molecular weight is 303 g/mol. The number of hydrogen-bond donors (Lipinski definition) is 1. The van der Waals surface area contributed by atoms with Gasteiger partial charge in [-0.25, -0.2) is 8.42 Å². The summed E-state index contributed by atoms with van der Waals surface area (Å²) in [5.74, 6) is 0.279. The maximum atomic E-state index is 12.0. The highest BCUT2D eigenvalue weighted by Crippen LogP contribution is 2.42. The van der Waals surface area contributed by atoms with E-state index in [2.05, 4.69) is 18.6 Å². The summed E-state index contributed by atoms with van der Waals surface area (Å²) in [7, 11) is -3.50. The van der Waals surface area contributed by atoms with E-state index in [1.54, 1.807) is 6.92 Å². The second kappa shape index (κ2) is 5.64. The number of rotatable bonds is 5. The van der Waals surface area contributed by atoms with Crippen LogP contribution >= 0.6 is 0 Å². The molecule has 2 unspecified atom stereocenters. The third-order valence-electron chi connectivity index (χ3n) is 4.49. The fourth-order valence-corrected chi connectivity index (χ4v) is 3.84. The predicted molar refractivity (Wildman–Crippen MR) is 76.6 cm³/mol. The number of sulfonamides is 1. The predicted octanol–water partition coefficient (Wildman–Crippen LogP) is 1.83. The van der Waals surface area contributed by atoms with Crippen molar-refractivity contribution in [2.24, 2.45) is 11.8 Å². The van der Waals surface area contributed by atoms with Gasteiger partial charge in [0.25, 0.3) is 0 Å². The monoisotopic (exact) mass is 303 g/mol. The minimum atomic E-state index is -3.50. The Labute approximate surface area is 121 Å². The summed E-state index contributed by atoms with van der Waals surface area (Å²) in [6.45, 7) is 6.55. The van der Waals surface area contributed by atoms with Gasteiger partial charge < -0.3 is 4.74 Å². The Kier molecular flexibility index (Phi) is 4.44. The highest BCUT2D eigenvalue weighted by atomic mass is 32.2. The van der Waals surface area contributed by atoms with Gasteiger partial charge in [0.15, 0.2) is 0 Å². The van der Waals surface area contributed by atoms with E-state index in [1.165, 1.54) is 0 Å². The van der Waals surface area contributed by atoms with Crippen LogP contribution in [-0.2, 0) is 19.6 Å². The van der Waals surface area contributed by atoms with E-state index in [1.807, 2.05) is 0 Å². The molecule has 2 fully saturated rings. The van der Waals surface area contributed by atoms with Crippen molar-refractivity contribution in [1.29, 1.82) is 0 Å². The molecule has 1 N–H and O–H groups in total. The number of nitrogens with one attached hydrogen (secondary N) is 1. The summed E-state index contributed by atoms with van der Waals surface area (Å²) in [4.78, 5) is 11.9. The molecule has 116 valence electrons. The Hall–Kier alpha value is -0.620. The Morgan fingerprint density at radius 3 is 2.60 bits per heavy atom. The Balaban J connectivity index is 1.85. The van der Waals surface area contributed by atoms with Gasteiger partial charge in [-0.3, -0.25) is 9.52 Å². The van der Waals surface area contributed by atoms with E-state index in [0.29, 0.717) is 25.4 Å². The van der Waals surface area contributed by atoms with Crippen LogP contribution in [0, 0.1) is 11.8 Å². The normalized spacial score (nSPS) is 29.2. The lowest BCUT2D eigenvalue weighted by atomic mass is 9.88. The van der Waals surface area contributed by atoms with Crippen molar-refractivity contribution in [1.82, 2.24) is 4.72 Å². The number of amides is 1. The fourth-order valence-electron chi connectivity index (χ4n) is 2.57. The van der Waals surface area contributed by atoms with Gasteiger partial charge >= 0.3 is 0 Å². The first-order valence-corrected chi connectivity index (χ1v) is 8.88. The van der Waals surface area contributed by atoms with Gasteiger partial charge in [-0.1, -0.05) is 13.8 Å². The molecular weight excluding hydrogens is 278 g/mol. The van der Waals surface area contributed by atoms with Crippen LogP contribution in [0.25, 0.3) is 0 Å². The zero-order chi connectivity index (χ0) is 15.0. The molecule has 1 amide bonds. The molecule has 0 aromatic carbocycles. The van der Waals surface area contributed by atoms with Crippen LogP contribution in [0.3, 0.4) is 0 Å². The first kappa shape index (κ1) is 15.8. The zero-order valence-electron chi connectivity index (χ0n) is 12.5. The lowest BCUT2D eigenvalue weighted by Gasteiger charge is -2.31. The SMILES string of the molecule is CC(C)C1CC(CC(=O)NS(=O)(=O)C2(C)CC2)CCO1. The maximum absolute atomic E-state index is 12.0. The standard InChI is InChI=1S/C14H25NO4S/c1-10(2)12-8-11(4-7-19-12)9-13(16)15-20(17,18)14(3)5-6-14/h10-12H,4-9H2,1-3H3,(H,15,16). The van der Waals surface area contributed by atoms with Crippen molar-refractivity contribution in [3.05, 3.63) is 0 Å². The third-order valence-corrected chi connectivity index (χ3v) is 6.69. The first-order chi connectivity index (χ1) is 9.23. The molecule has 1 saturated heterocycles. The number of carbonyl (C=O) groups excluding carboxylic acids is 1. The molecule has 0 aromatic heterocycles. The Bertz CT molecular complexity index is 468. The van der Waals surface area contributed by atoms with E-state index in [4.69, 9.17) is 4.74 Å². The summed E-state index contributed by atoms with van der Waals surface area (Å²) < 4.78 is 31.2. The van der Waals surface area contributed by atoms with Gasteiger partial charge in [0, 0.05) is 13.0 Å². The molecule has 5 nitrogen and oxygen atoms in total. The van der Waals surface area contributed by atoms with E-state index >= 15 is 0 Å². The lowest BCUT2D eigenvalue weighted by molar-refractivity contribution is -0.121. The number of ether oxygens (including phenoxy) is 1. The van der Waals surface area contributed by atoms with Crippen LogP contribution in [0.15, 0.2) is 0 Å². The van der Waals surface area contributed by atoms with Gasteiger partial charge in [-0.2, -0.15) is 0 Å². The van der Waals surface area contributed by atoms with Crippen molar-refractivity contribution in [2.75, 3.05) is 6.61 Å². The second-order valence-corrected chi connectivity index (χ2v) is 8.92. The molecule has 0 aromatic rings. The molecule has 1 aliphatic heterocycles. The van der Waals surface area contributed by atoms with Crippen LogP contribution in [0.4, 0.5) is 0 Å².